The Morgan fingerprint density at radius 1 is 1.53 bits per heavy atom. The number of thiophene rings is 1. The molecule has 0 spiro atoms. The van der Waals surface area contributed by atoms with E-state index in [1.165, 1.54) is 18.3 Å². The summed E-state index contributed by atoms with van der Waals surface area (Å²) in [6.07, 6.45) is 1.07. The summed E-state index contributed by atoms with van der Waals surface area (Å²) in [5, 5.41) is 16.3. The van der Waals surface area contributed by atoms with E-state index >= 15 is 0 Å². The largest absolute Gasteiger partial charge is 0.480 e. The minimum Gasteiger partial charge on any atom is -0.480 e. The van der Waals surface area contributed by atoms with Crippen molar-refractivity contribution in [3.05, 3.63) is 20.8 Å². The molecule has 5 nitrogen and oxygen atoms in total. The average molecular weight is 349 g/mol. The zero-order valence-corrected chi connectivity index (χ0v) is 13.2. The van der Waals surface area contributed by atoms with Crippen LogP contribution in [0.4, 0.5) is 4.79 Å². The summed E-state index contributed by atoms with van der Waals surface area (Å²) in [4.78, 5) is 23.9. The van der Waals surface area contributed by atoms with Crippen molar-refractivity contribution in [2.45, 2.75) is 38.8 Å². The molecule has 0 radical (unpaired) electrons. The molecule has 0 saturated heterocycles. The number of carboxylic acids is 1. The Hall–Kier alpha value is -1.08. The number of hydrogen-bond donors (Lipinski definition) is 3. The van der Waals surface area contributed by atoms with Gasteiger partial charge in [-0.3, -0.25) is 0 Å². The van der Waals surface area contributed by atoms with Crippen molar-refractivity contribution in [3.8, 4) is 0 Å². The zero-order chi connectivity index (χ0) is 14.5. The van der Waals surface area contributed by atoms with Gasteiger partial charge in [-0.25, -0.2) is 9.59 Å². The van der Waals surface area contributed by atoms with Gasteiger partial charge in [0.25, 0.3) is 0 Å². The first-order valence-corrected chi connectivity index (χ1v) is 7.57. The fourth-order valence-corrected chi connectivity index (χ4v) is 3.02. The molecule has 19 heavy (non-hydrogen) atoms. The smallest absolute Gasteiger partial charge is 0.329 e. The van der Waals surface area contributed by atoms with Crippen LogP contribution in [0.15, 0.2) is 15.9 Å². The molecule has 2 amide bonds. The highest BCUT2D eigenvalue weighted by Gasteiger charge is 2.33. The maximum Gasteiger partial charge on any atom is 0.329 e. The Labute approximate surface area is 124 Å². The average Bonchev–Trinajstić information content (AvgIpc) is 2.72. The summed E-state index contributed by atoms with van der Waals surface area (Å²) in [6, 6.07) is 1.44. The molecule has 0 bridgehead atoms. The van der Waals surface area contributed by atoms with Gasteiger partial charge in [0, 0.05) is 14.7 Å². The molecule has 1 atom stereocenters. The highest BCUT2D eigenvalue weighted by molar-refractivity contribution is 9.10. The molecule has 0 aliphatic heterocycles. The van der Waals surface area contributed by atoms with E-state index in [1.807, 2.05) is 18.4 Å². The van der Waals surface area contributed by atoms with Crippen LogP contribution in [0.2, 0.25) is 0 Å². The Morgan fingerprint density at radius 3 is 2.68 bits per heavy atom. The van der Waals surface area contributed by atoms with Gasteiger partial charge in [0.2, 0.25) is 0 Å². The van der Waals surface area contributed by atoms with Crippen LogP contribution in [0.1, 0.15) is 31.6 Å². The van der Waals surface area contributed by atoms with Crippen LogP contribution < -0.4 is 10.6 Å². The van der Waals surface area contributed by atoms with Crippen LogP contribution in [-0.4, -0.2) is 22.6 Å². The van der Waals surface area contributed by atoms with Gasteiger partial charge in [-0.2, -0.15) is 0 Å². The molecule has 1 aromatic rings. The van der Waals surface area contributed by atoms with Gasteiger partial charge in [-0.05, 0) is 35.3 Å². The van der Waals surface area contributed by atoms with Gasteiger partial charge < -0.3 is 15.7 Å². The second kappa shape index (κ2) is 6.91. The summed E-state index contributed by atoms with van der Waals surface area (Å²) in [7, 11) is 0. The molecular formula is C12H17BrN2O3S. The van der Waals surface area contributed by atoms with E-state index in [9.17, 15) is 9.59 Å². The van der Waals surface area contributed by atoms with Gasteiger partial charge in [0.15, 0.2) is 0 Å². The lowest BCUT2D eigenvalue weighted by molar-refractivity contribution is -0.144. The molecule has 7 heteroatoms. The van der Waals surface area contributed by atoms with E-state index in [0.717, 1.165) is 9.35 Å². The normalized spacial score (nSPS) is 13.6. The molecule has 1 unspecified atom stereocenters. The quantitative estimate of drug-likeness (QED) is 0.739. The Balaban J connectivity index is 2.51. The molecule has 1 rings (SSSR count). The third-order valence-electron chi connectivity index (χ3n) is 2.66. The van der Waals surface area contributed by atoms with E-state index in [2.05, 4.69) is 26.6 Å². The molecular weight excluding hydrogens is 332 g/mol. The number of aliphatic carboxylic acids is 1. The lowest BCUT2D eigenvalue weighted by Gasteiger charge is -2.25. The molecule has 0 saturated carbocycles. The van der Waals surface area contributed by atoms with Crippen molar-refractivity contribution in [3.63, 3.8) is 0 Å². The zero-order valence-electron chi connectivity index (χ0n) is 10.8. The SMILES string of the molecule is CCCC(C)(NC(=O)NCc1cc(Br)cs1)C(=O)O. The number of carbonyl (C=O) groups is 2. The molecule has 0 aromatic carbocycles. The predicted octanol–water partition coefficient (Wildman–Crippen LogP) is 2.95. The second-order valence-corrected chi connectivity index (χ2v) is 6.34. The number of halogens is 1. The molecule has 1 heterocycles. The van der Waals surface area contributed by atoms with E-state index in [-0.39, 0.29) is 0 Å². The minimum atomic E-state index is -1.23. The number of nitrogens with one attached hydrogen (secondary N) is 2. The van der Waals surface area contributed by atoms with E-state index in [1.54, 1.807) is 0 Å². The van der Waals surface area contributed by atoms with E-state index < -0.39 is 17.5 Å². The maximum absolute atomic E-state index is 11.7. The van der Waals surface area contributed by atoms with Gasteiger partial charge in [-0.15, -0.1) is 11.3 Å². The van der Waals surface area contributed by atoms with Crippen molar-refractivity contribution in [2.75, 3.05) is 0 Å². The van der Waals surface area contributed by atoms with Gasteiger partial charge >= 0.3 is 12.0 Å². The highest BCUT2D eigenvalue weighted by atomic mass is 79.9. The van der Waals surface area contributed by atoms with E-state index in [4.69, 9.17) is 5.11 Å². The monoisotopic (exact) mass is 348 g/mol. The fourth-order valence-electron chi connectivity index (χ4n) is 1.63. The summed E-state index contributed by atoms with van der Waals surface area (Å²) in [5.41, 5.74) is -1.23. The number of carboxylic acid groups (broad SMARTS) is 1. The Bertz CT molecular complexity index is 464. The van der Waals surface area contributed by atoms with Crippen molar-refractivity contribution >= 4 is 39.3 Å². The Morgan fingerprint density at radius 2 is 2.21 bits per heavy atom. The molecule has 0 aliphatic rings. The van der Waals surface area contributed by atoms with E-state index in [0.29, 0.717) is 19.4 Å². The lowest BCUT2D eigenvalue weighted by Crippen LogP contribution is -2.54. The van der Waals surface area contributed by atoms with Crippen LogP contribution in [0.3, 0.4) is 0 Å². The third-order valence-corrected chi connectivity index (χ3v) is 4.35. The number of amides is 2. The second-order valence-electron chi connectivity index (χ2n) is 4.43. The number of rotatable bonds is 6. The van der Waals surface area contributed by atoms with Crippen molar-refractivity contribution < 1.29 is 14.7 Å². The standard InChI is InChI=1S/C12H17BrN2O3S/c1-3-4-12(2,10(16)17)15-11(18)14-6-9-5-8(13)7-19-9/h5,7H,3-4,6H2,1-2H3,(H,16,17)(H2,14,15,18). The van der Waals surface area contributed by atoms with Crippen molar-refractivity contribution in [1.29, 1.82) is 0 Å². The van der Waals surface area contributed by atoms with Crippen LogP contribution in [0.5, 0.6) is 0 Å². The topological polar surface area (TPSA) is 78.4 Å². The van der Waals surface area contributed by atoms with Crippen LogP contribution in [-0.2, 0) is 11.3 Å². The Kier molecular flexibility index (Phi) is 5.81. The van der Waals surface area contributed by atoms with Gasteiger partial charge in [0.1, 0.15) is 5.54 Å². The first-order chi connectivity index (χ1) is 8.87. The maximum atomic E-state index is 11.7. The molecule has 0 fully saturated rings. The molecule has 106 valence electrons. The number of urea groups is 1. The van der Waals surface area contributed by atoms with Crippen LogP contribution in [0, 0.1) is 0 Å². The molecule has 1 aromatic heterocycles. The van der Waals surface area contributed by atoms with Crippen LogP contribution in [0.25, 0.3) is 0 Å². The first-order valence-electron chi connectivity index (χ1n) is 5.89. The minimum absolute atomic E-state index is 0.379. The summed E-state index contributed by atoms with van der Waals surface area (Å²) < 4.78 is 0.969. The number of hydrogen-bond acceptors (Lipinski definition) is 3. The fraction of sp³-hybridized carbons (Fsp3) is 0.500. The van der Waals surface area contributed by atoms with Gasteiger partial charge in [0.05, 0.1) is 6.54 Å². The van der Waals surface area contributed by atoms with Gasteiger partial charge in [-0.1, -0.05) is 13.3 Å². The summed E-state index contributed by atoms with van der Waals surface area (Å²) in [5.74, 6) is -1.02. The lowest BCUT2D eigenvalue weighted by atomic mass is 9.97. The summed E-state index contributed by atoms with van der Waals surface area (Å²) in [6.45, 7) is 3.77. The predicted molar refractivity (Wildman–Crippen MR) is 78.3 cm³/mol. The van der Waals surface area contributed by atoms with Crippen LogP contribution >= 0.6 is 27.3 Å². The summed E-state index contributed by atoms with van der Waals surface area (Å²) >= 11 is 4.85. The third kappa shape index (κ3) is 4.83. The highest BCUT2D eigenvalue weighted by Crippen LogP contribution is 2.19. The molecule has 3 N–H and O–H groups in total. The molecule has 0 aliphatic carbocycles. The first kappa shape index (κ1) is 16.0. The van der Waals surface area contributed by atoms with Crippen molar-refractivity contribution in [1.82, 2.24) is 10.6 Å². The van der Waals surface area contributed by atoms with Crippen molar-refractivity contribution in [2.24, 2.45) is 0 Å². The number of carbonyl (C=O) groups excluding carboxylic acids is 1.